The minimum Gasteiger partial charge on any atom is -0.310 e. The van der Waals surface area contributed by atoms with E-state index in [-0.39, 0.29) is 0 Å². The molecule has 1 nitrogen and oxygen atoms in total. The predicted octanol–water partition coefficient (Wildman–Crippen LogP) is 13.7. The molecule has 0 unspecified atom stereocenters. The highest BCUT2D eigenvalue weighted by molar-refractivity contribution is 7.26. The summed E-state index contributed by atoms with van der Waals surface area (Å²) in [5.41, 5.74) is 10.7. The minimum absolute atomic E-state index is 1.11. The molecule has 9 aromatic rings. The Hall–Kier alpha value is -5.96. The molecule has 8 aromatic carbocycles. The minimum atomic E-state index is 1.11. The molecule has 0 amide bonds. The van der Waals surface area contributed by atoms with Crippen LogP contribution in [0, 0.1) is 0 Å². The third-order valence-corrected chi connectivity index (χ3v) is 10.5. The molecule has 0 aliphatic heterocycles. The Kier molecular flexibility index (Phi) is 7.07. The van der Waals surface area contributed by atoms with Crippen molar-refractivity contribution in [1.82, 2.24) is 0 Å². The van der Waals surface area contributed by atoms with Crippen molar-refractivity contribution >= 4 is 59.3 Å². The summed E-state index contributed by atoms with van der Waals surface area (Å²) < 4.78 is 2.61. The highest BCUT2D eigenvalue weighted by Gasteiger charge is 2.22. The van der Waals surface area contributed by atoms with Gasteiger partial charge in [-0.15, -0.1) is 11.3 Å². The van der Waals surface area contributed by atoms with E-state index in [0.717, 1.165) is 17.1 Å². The van der Waals surface area contributed by atoms with Crippen molar-refractivity contribution in [2.75, 3.05) is 4.90 Å². The first-order valence-electron chi connectivity index (χ1n) is 16.4. The van der Waals surface area contributed by atoms with Crippen molar-refractivity contribution in [3.63, 3.8) is 0 Å². The van der Waals surface area contributed by atoms with Gasteiger partial charge in [-0.25, -0.2) is 0 Å². The fraction of sp³-hybridized carbons (Fsp3) is 0. The SMILES string of the molecule is c1ccc(-c2ccc(N(c3ccc(-c4cccc5ccccc45)cc3)c3ccc4c(sc5ccccc54)c3-c3ccccc3)cc2)cc1. The Balaban J connectivity index is 1.26. The van der Waals surface area contributed by atoms with E-state index in [1.807, 2.05) is 11.3 Å². The van der Waals surface area contributed by atoms with Crippen molar-refractivity contribution in [1.29, 1.82) is 0 Å². The Labute approximate surface area is 284 Å². The van der Waals surface area contributed by atoms with Crippen LogP contribution in [0.4, 0.5) is 17.1 Å². The highest BCUT2D eigenvalue weighted by atomic mass is 32.1. The predicted molar refractivity (Wildman–Crippen MR) is 208 cm³/mol. The smallest absolute Gasteiger partial charge is 0.0554 e. The molecule has 0 saturated carbocycles. The van der Waals surface area contributed by atoms with Crippen LogP contribution >= 0.6 is 11.3 Å². The van der Waals surface area contributed by atoms with E-state index in [2.05, 4.69) is 193 Å². The number of hydrogen-bond donors (Lipinski definition) is 0. The zero-order valence-electron chi connectivity index (χ0n) is 26.3. The zero-order valence-corrected chi connectivity index (χ0v) is 27.1. The van der Waals surface area contributed by atoms with Gasteiger partial charge in [0, 0.05) is 37.1 Å². The fourth-order valence-electron chi connectivity index (χ4n) is 6.98. The Bertz CT molecular complexity index is 2530. The van der Waals surface area contributed by atoms with Crippen LogP contribution in [-0.4, -0.2) is 0 Å². The maximum absolute atomic E-state index is 2.42. The van der Waals surface area contributed by atoms with E-state index in [4.69, 9.17) is 0 Å². The van der Waals surface area contributed by atoms with Gasteiger partial charge in [-0.1, -0.05) is 152 Å². The first-order chi connectivity index (χ1) is 23.8. The van der Waals surface area contributed by atoms with Gasteiger partial charge >= 0.3 is 0 Å². The average Bonchev–Trinajstić information content (AvgIpc) is 3.55. The quantitative estimate of drug-likeness (QED) is 0.177. The number of nitrogens with zero attached hydrogens (tertiary/aromatic N) is 1. The zero-order chi connectivity index (χ0) is 31.9. The van der Waals surface area contributed by atoms with E-state index in [1.54, 1.807) is 0 Å². The van der Waals surface area contributed by atoms with Gasteiger partial charge in [0.25, 0.3) is 0 Å². The van der Waals surface area contributed by atoms with Crippen LogP contribution in [0.1, 0.15) is 0 Å². The summed E-state index contributed by atoms with van der Waals surface area (Å²) >= 11 is 1.88. The van der Waals surface area contributed by atoms with Crippen LogP contribution < -0.4 is 4.90 Å². The van der Waals surface area contributed by atoms with Gasteiger partial charge in [-0.05, 0) is 75.0 Å². The molecule has 0 spiro atoms. The molecule has 0 saturated heterocycles. The molecular weight excluding hydrogens is 599 g/mol. The fourth-order valence-corrected chi connectivity index (χ4v) is 8.24. The van der Waals surface area contributed by atoms with Crippen LogP contribution in [0.25, 0.3) is 64.3 Å². The number of hydrogen-bond acceptors (Lipinski definition) is 2. The lowest BCUT2D eigenvalue weighted by Crippen LogP contribution is -2.11. The molecule has 2 heteroatoms. The van der Waals surface area contributed by atoms with Gasteiger partial charge in [0.2, 0.25) is 0 Å². The first-order valence-corrected chi connectivity index (χ1v) is 17.2. The van der Waals surface area contributed by atoms with Crippen molar-refractivity contribution in [2.24, 2.45) is 0 Å². The van der Waals surface area contributed by atoms with Gasteiger partial charge in [0.15, 0.2) is 0 Å². The normalized spacial score (nSPS) is 11.3. The molecule has 0 atom stereocenters. The third-order valence-electron chi connectivity index (χ3n) is 9.29. The molecule has 1 aromatic heterocycles. The summed E-state index contributed by atoms with van der Waals surface area (Å²) in [6.45, 7) is 0. The summed E-state index contributed by atoms with van der Waals surface area (Å²) in [6, 6.07) is 68.1. The maximum atomic E-state index is 2.42. The lowest BCUT2D eigenvalue weighted by molar-refractivity contribution is 1.29. The molecular formula is C46H31NS. The van der Waals surface area contributed by atoms with Crippen LogP contribution in [0.3, 0.4) is 0 Å². The second-order valence-corrected chi connectivity index (χ2v) is 13.2. The third kappa shape index (κ3) is 4.95. The Morgan fingerprint density at radius 3 is 1.65 bits per heavy atom. The van der Waals surface area contributed by atoms with Crippen molar-refractivity contribution < 1.29 is 0 Å². The van der Waals surface area contributed by atoms with Crippen molar-refractivity contribution in [2.45, 2.75) is 0 Å². The van der Waals surface area contributed by atoms with E-state index in [1.165, 1.54) is 64.3 Å². The van der Waals surface area contributed by atoms with Gasteiger partial charge in [0.05, 0.1) is 5.69 Å². The molecule has 0 N–H and O–H groups in total. The largest absolute Gasteiger partial charge is 0.310 e. The summed E-state index contributed by atoms with van der Waals surface area (Å²) in [5.74, 6) is 0. The first kappa shape index (κ1) is 28.3. The summed E-state index contributed by atoms with van der Waals surface area (Å²) in [4.78, 5) is 2.42. The van der Waals surface area contributed by atoms with E-state index >= 15 is 0 Å². The van der Waals surface area contributed by atoms with E-state index in [9.17, 15) is 0 Å². The Morgan fingerprint density at radius 1 is 0.354 bits per heavy atom. The summed E-state index contributed by atoms with van der Waals surface area (Å²) in [7, 11) is 0. The highest BCUT2D eigenvalue weighted by Crippen LogP contribution is 2.48. The van der Waals surface area contributed by atoms with Crippen LogP contribution in [0.2, 0.25) is 0 Å². The van der Waals surface area contributed by atoms with Gasteiger partial charge in [-0.2, -0.15) is 0 Å². The lowest BCUT2D eigenvalue weighted by atomic mass is 9.97. The van der Waals surface area contributed by atoms with E-state index in [0.29, 0.717) is 0 Å². The number of benzene rings is 8. The second-order valence-electron chi connectivity index (χ2n) is 12.1. The number of fused-ring (bicyclic) bond motifs is 4. The molecule has 1 heterocycles. The molecule has 0 aliphatic rings. The monoisotopic (exact) mass is 629 g/mol. The van der Waals surface area contributed by atoms with Crippen molar-refractivity contribution in [3.05, 3.63) is 188 Å². The maximum Gasteiger partial charge on any atom is 0.0554 e. The van der Waals surface area contributed by atoms with Gasteiger partial charge in [-0.3, -0.25) is 0 Å². The number of rotatable bonds is 6. The second kappa shape index (κ2) is 12.0. The van der Waals surface area contributed by atoms with Crippen LogP contribution in [-0.2, 0) is 0 Å². The molecule has 0 bridgehead atoms. The molecule has 9 rings (SSSR count). The molecule has 0 radical (unpaired) electrons. The number of thiophene rings is 1. The van der Waals surface area contributed by atoms with Crippen molar-refractivity contribution in [3.8, 4) is 33.4 Å². The van der Waals surface area contributed by atoms with Crippen LogP contribution in [0.15, 0.2) is 188 Å². The summed E-state index contributed by atoms with van der Waals surface area (Å²) in [6.07, 6.45) is 0. The Morgan fingerprint density at radius 2 is 0.917 bits per heavy atom. The van der Waals surface area contributed by atoms with Gasteiger partial charge < -0.3 is 4.90 Å². The molecule has 0 fully saturated rings. The van der Waals surface area contributed by atoms with Gasteiger partial charge in [0.1, 0.15) is 0 Å². The molecule has 0 aliphatic carbocycles. The summed E-state index contributed by atoms with van der Waals surface area (Å²) in [5, 5.41) is 5.12. The topological polar surface area (TPSA) is 3.24 Å². The average molecular weight is 630 g/mol. The van der Waals surface area contributed by atoms with E-state index < -0.39 is 0 Å². The molecule has 48 heavy (non-hydrogen) atoms. The lowest BCUT2D eigenvalue weighted by Gasteiger charge is -2.28. The van der Waals surface area contributed by atoms with Crippen LogP contribution in [0.5, 0.6) is 0 Å². The molecule has 226 valence electrons. The standard InChI is InChI=1S/C46H31NS/c1-3-12-32(13-4-1)33-22-26-37(27-23-33)47(38-28-24-35(25-29-38)40-20-11-17-34-14-7-8-18-39(34)40)43-31-30-42-41-19-9-10-21-44(41)48-46(42)45(43)36-15-5-2-6-16-36/h1-31H. The number of anilines is 3.